The minimum absolute atomic E-state index is 0.0194. The number of halogens is 1. The van der Waals surface area contributed by atoms with Crippen molar-refractivity contribution in [3.8, 4) is 5.69 Å². The van der Waals surface area contributed by atoms with Crippen LogP contribution in [0.5, 0.6) is 0 Å². The summed E-state index contributed by atoms with van der Waals surface area (Å²) in [5, 5.41) is 15.2. The third-order valence-electron chi connectivity index (χ3n) is 6.33. The number of carbonyl (C=O) groups excluding carboxylic acids is 2. The van der Waals surface area contributed by atoms with Crippen LogP contribution >= 0.6 is 0 Å². The van der Waals surface area contributed by atoms with E-state index in [0.29, 0.717) is 30.0 Å². The van der Waals surface area contributed by atoms with Gasteiger partial charge in [0.15, 0.2) is 0 Å². The quantitative estimate of drug-likeness (QED) is 0.682. The van der Waals surface area contributed by atoms with Crippen LogP contribution in [0, 0.1) is 11.7 Å². The normalized spacial score (nSPS) is 20.9. The van der Waals surface area contributed by atoms with Crippen molar-refractivity contribution in [1.29, 1.82) is 0 Å². The number of hydrogen-bond donors (Lipinski definition) is 1. The molecule has 0 radical (unpaired) electrons. The van der Waals surface area contributed by atoms with Crippen molar-refractivity contribution >= 4 is 28.4 Å². The number of carbonyl (C=O) groups is 2. The Bertz CT molecular complexity index is 1220. The lowest BCUT2D eigenvalue weighted by Gasteiger charge is -2.27. The van der Waals surface area contributed by atoms with E-state index in [1.807, 2.05) is 18.2 Å². The summed E-state index contributed by atoms with van der Waals surface area (Å²) in [7, 11) is 0. The van der Waals surface area contributed by atoms with Crippen LogP contribution < -0.4 is 4.90 Å². The molecule has 32 heavy (non-hydrogen) atoms. The number of para-hydroxylation sites is 1. The van der Waals surface area contributed by atoms with Gasteiger partial charge in [0.05, 0.1) is 29.4 Å². The molecule has 0 unspecified atom stereocenters. The third-order valence-corrected chi connectivity index (χ3v) is 6.33. The van der Waals surface area contributed by atoms with Gasteiger partial charge in [-0.2, -0.15) is 5.10 Å². The summed E-state index contributed by atoms with van der Waals surface area (Å²) < 4.78 is 15.9. The molecule has 8 heteroatoms. The van der Waals surface area contributed by atoms with Gasteiger partial charge in [-0.05, 0) is 44.5 Å². The topological polar surface area (TPSA) is 78.7 Å². The first-order valence-electron chi connectivity index (χ1n) is 10.8. The highest BCUT2D eigenvalue weighted by Gasteiger charge is 2.50. The third kappa shape index (κ3) is 3.35. The Kier molecular flexibility index (Phi) is 4.78. The number of benzene rings is 2. The van der Waals surface area contributed by atoms with E-state index in [1.165, 1.54) is 10.7 Å². The van der Waals surface area contributed by atoms with Gasteiger partial charge in [0.25, 0.3) is 0 Å². The average molecular weight is 436 g/mol. The van der Waals surface area contributed by atoms with Crippen LogP contribution in [0.1, 0.15) is 26.7 Å². The average Bonchev–Trinajstić information content (AvgIpc) is 3.42. The molecule has 0 saturated carbocycles. The second-order valence-electron chi connectivity index (χ2n) is 9.24. The number of aliphatic hydroxyl groups is 1. The number of nitrogens with zero attached hydrogens (tertiary/aromatic N) is 4. The maximum absolute atomic E-state index is 14.4. The Hall–Kier alpha value is -3.26. The van der Waals surface area contributed by atoms with E-state index >= 15 is 0 Å². The number of hydrogen-bond acceptors (Lipinski definition) is 4. The minimum Gasteiger partial charge on any atom is -0.390 e. The fraction of sp³-hybridized carbons (Fsp3) is 0.375. The fourth-order valence-electron chi connectivity index (χ4n) is 4.92. The van der Waals surface area contributed by atoms with Crippen molar-refractivity contribution in [1.82, 2.24) is 14.7 Å². The Morgan fingerprint density at radius 2 is 1.94 bits per heavy atom. The highest BCUT2D eigenvalue weighted by atomic mass is 19.1. The molecule has 2 aliphatic heterocycles. The van der Waals surface area contributed by atoms with Crippen LogP contribution in [0.2, 0.25) is 0 Å². The highest BCUT2D eigenvalue weighted by Crippen LogP contribution is 2.38. The van der Waals surface area contributed by atoms with Crippen LogP contribution in [0.4, 0.5) is 10.1 Å². The zero-order valence-corrected chi connectivity index (χ0v) is 18.0. The summed E-state index contributed by atoms with van der Waals surface area (Å²) in [6.07, 6.45) is 2.37. The highest BCUT2D eigenvalue weighted by molar-refractivity contribution is 6.08. The van der Waals surface area contributed by atoms with Gasteiger partial charge < -0.3 is 14.9 Å². The molecule has 1 N–H and O–H groups in total. The van der Waals surface area contributed by atoms with Crippen LogP contribution in [0.15, 0.2) is 48.7 Å². The van der Waals surface area contributed by atoms with Crippen LogP contribution in [-0.4, -0.2) is 56.3 Å². The van der Waals surface area contributed by atoms with E-state index in [9.17, 15) is 19.1 Å². The second-order valence-corrected chi connectivity index (χ2v) is 9.24. The first-order chi connectivity index (χ1) is 15.2. The van der Waals surface area contributed by atoms with Crippen LogP contribution in [-0.2, 0) is 9.59 Å². The van der Waals surface area contributed by atoms with Crippen molar-refractivity contribution < 1.29 is 19.1 Å². The maximum atomic E-state index is 14.4. The Balaban J connectivity index is 1.48. The molecule has 2 aromatic carbocycles. The molecule has 166 valence electrons. The van der Waals surface area contributed by atoms with Gasteiger partial charge >= 0.3 is 0 Å². The largest absolute Gasteiger partial charge is 0.390 e. The monoisotopic (exact) mass is 436 g/mol. The molecular weight excluding hydrogens is 411 g/mol. The summed E-state index contributed by atoms with van der Waals surface area (Å²) in [6, 6.07) is 11.4. The molecule has 2 saturated heterocycles. The Morgan fingerprint density at radius 3 is 2.69 bits per heavy atom. The van der Waals surface area contributed by atoms with Gasteiger partial charge in [-0.1, -0.05) is 18.2 Å². The first kappa shape index (κ1) is 20.6. The summed E-state index contributed by atoms with van der Waals surface area (Å²) in [5.41, 5.74) is 0.628. The van der Waals surface area contributed by atoms with Crippen molar-refractivity contribution in [3.05, 3.63) is 54.5 Å². The molecule has 3 heterocycles. The fourth-order valence-corrected chi connectivity index (χ4v) is 4.92. The van der Waals surface area contributed by atoms with Gasteiger partial charge in [-0.25, -0.2) is 9.07 Å². The summed E-state index contributed by atoms with van der Waals surface area (Å²) in [6.45, 7) is 4.23. The zero-order valence-electron chi connectivity index (χ0n) is 18.0. The number of likely N-dealkylation sites (tertiary alicyclic amines) is 1. The number of rotatable bonds is 4. The van der Waals surface area contributed by atoms with Crippen LogP contribution in [0.25, 0.3) is 16.6 Å². The van der Waals surface area contributed by atoms with Gasteiger partial charge in [0.2, 0.25) is 11.8 Å². The van der Waals surface area contributed by atoms with Gasteiger partial charge in [-0.15, -0.1) is 0 Å². The molecule has 2 aliphatic rings. The summed E-state index contributed by atoms with van der Waals surface area (Å²) >= 11 is 0. The van der Waals surface area contributed by atoms with E-state index in [0.717, 1.165) is 11.8 Å². The molecule has 1 aromatic heterocycles. The maximum Gasteiger partial charge on any atom is 0.250 e. The molecule has 0 bridgehead atoms. The van der Waals surface area contributed by atoms with Crippen molar-refractivity contribution in [2.75, 3.05) is 18.0 Å². The minimum atomic E-state index is -1.12. The van der Waals surface area contributed by atoms with Crippen molar-refractivity contribution in [2.45, 2.75) is 38.3 Å². The predicted octanol–water partition coefficient (Wildman–Crippen LogP) is 2.89. The lowest BCUT2D eigenvalue weighted by molar-refractivity contribution is -0.140. The SMILES string of the molecule is CC(C)(O)CC(=O)N1CC[C@@H]2CN(c3cccc4c3cnn4-c3ccccc3F)C(=O)[C@@H]21. The number of amides is 2. The molecule has 2 fully saturated rings. The number of aromatic nitrogens is 2. The number of anilines is 1. The number of fused-ring (bicyclic) bond motifs is 2. The molecule has 3 aromatic rings. The van der Waals surface area contributed by atoms with Gasteiger partial charge in [0.1, 0.15) is 17.5 Å². The lowest BCUT2D eigenvalue weighted by Crippen LogP contribution is -2.45. The molecule has 2 amide bonds. The zero-order chi connectivity index (χ0) is 22.6. The molecule has 7 nitrogen and oxygen atoms in total. The molecule has 2 atom stereocenters. The summed E-state index contributed by atoms with van der Waals surface area (Å²) in [5.74, 6) is -0.658. The molecule has 5 rings (SSSR count). The van der Waals surface area contributed by atoms with E-state index in [1.54, 1.807) is 48.0 Å². The van der Waals surface area contributed by atoms with E-state index in [4.69, 9.17) is 0 Å². The van der Waals surface area contributed by atoms with E-state index in [2.05, 4.69) is 5.10 Å². The Morgan fingerprint density at radius 1 is 1.19 bits per heavy atom. The molecule has 0 spiro atoms. The Labute approximate surface area is 185 Å². The smallest absolute Gasteiger partial charge is 0.250 e. The molecular formula is C24H25FN4O3. The predicted molar refractivity (Wildman–Crippen MR) is 118 cm³/mol. The summed E-state index contributed by atoms with van der Waals surface area (Å²) in [4.78, 5) is 29.5. The lowest BCUT2D eigenvalue weighted by atomic mass is 10.0. The second kappa shape index (κ2) is 7.41. The molecule has 0 aliphatic carbocycles. The van der Waals surface area contributed by atoms with Crippen molar-refractivity contribution in [3.63, 3.8) is 0 Å². The first-order valence-corrected chi connectivity index (χ1v) is 10.8. The van der Waals surface area contributed by atoms with Crippen molar-refractivity contribution in [2.24, 2.45) is 5.92 Å². The van der Waals surface area contributed by atoms with Gasteiger partial charge in [0, 0.05) is 24.4 Å². The standard InChI is InChI=1S/C24H25FN4O3/c1-24(2,32)12-21(30)27-11-10-15-14-28(23(31)22(15)27)18-8-5-9-19-16(18)13-26-29(19)20-7-4-3-6-17(20)25/h3-9,13,15,22,32H,10-12,14H2,1-2H3/t15-,22-/m1/s1. The van der Waals surface area contributed by atoms with E-state index in [-0.39, 0.29) is 30.0 Å². The van der Waals surface area contributed by atoms with E-state index < -0.39 is 11.6 Å². The van der Waals surface area contributed by atoms with Crippen LogP contribution in [0.3, 0.4) is 0 Å². The van der Waals surface area contributed by atoms with Gasteiger partial charge in [-0.3, -0.25) is 9.59 Å².